The normalized spacial score (nSPS) is 10.9. The largest absolute Gasteiger partial charge is 0.494 e. The monoisotopic (exact) mass is 477 g/mol. The Labute approximate surface area is 205 Å². The average molecular weight is 478 g/mol. The number of benzene rings is 2. The molecule has 5 nitrogen and oxygen atoms in total. The van der Waals surface area contributed by atoms with E-state index < -0.39 is 5.97 Å². The van der Waals surface area contributed by atoms with Gasteiger partial charge in [0.15, 0.2) is 0 Å². The number of hydrogen-bond acceptors (Lipinski definition) is 5. The fourth-order valence-corrected chi connectivity index (χ4v) is 4.28. The fourth-order valence-electron chi connectivity index (χ4n) is 3.32. The van der Waals surface area contributed by atoms with Crippen molar-refractivity contribution in [2.75, 3.05) is 18.5 Å². The minimum Gasteiger partial charge on any atom is -0.494 e. The van der Waals surface area contributed by atoms with E-state index in [1.807, 2.05) is 53.9 Å². The van der Waals surface area contributed by atoms with E-state index in [1.165, 1.54) is 23.0 Å². The summed E-state index contributed by atoms with van der Waals surface area (Å²) in [5, 5.41) is 5.20. The molecule has 2 aromatic carbocycles. The van der Waals surface area contributed by atoms with E-state index in [1.54, 1.807) is 13.0 Å². The van der Waals surface area contributed by atoms with Gasteiger partial charge in [-0.2, -0.15) is 0 Å². The van der Waals surface area contributed by atoms with Crippen LogP contribution in [0.1, 0.15) is 55.1 Å². The molecule has 1 amide bonds. The third-order valence-corrected chi connectivity index (χ3v) is 6.15. The van der Waals surface area contributed by atoms with Gasteiger partial charge in [0.05, 0.1) is 13.2 Å². The van der Waals surface area contributed by atoms with Gasteiger partial charge in [-0.1, -0.05) is 56.7 Å². The van der Waals surface area contributed by atoms with Crippen LogP contribution in [0.3, 0.4) is 0 Å². The second-order valence-corrected chi connectivity index (χ2v) is 8.60. The molecular weight excluding hydrogens is 446 g/mol. The number of amides is 1. The molecule has 3 aromatic rings. The highest BCUT2D eigenvalue weighted by molar-refractivity contribution is 7.15. The smallest absolute Gasteiger partial charge is 0.341 e. The molecule has 0 atom stereocenters. The zero-order chi connectivity index (χ0) is 24.3. The molecule has 0 aliphatic heterocycles. The van der Waals surface area contributed by atoms with Crippen LogP contribution in [0.15, 0.2) is 60.0 Å². The first-order valence-corrected chi connectivity index (χ1v) is 12.5. The minimum absolute atomic E-state index is 0.258. The van der Waals surface area contributed by atoms with Crippen molar-refractivity contribution >= 4 is 34.3 Å². The van der Waals surface area contributed by atoms with Crippen molar-refractivity contribution in [2.45, 2.75) is 40.0 Å². The SMILES string of the molecule is CCCCOc1ccc(/C=C/C(=O)Nc2scc(-c3ccc(CC)cc3)c2C(=O)OCC)cc1. The van der Waals surface area contributed by atoms with Gasteiger partial charge in [-0.25, -0.2) is 4.79 Å². The maximum absolute atomic E-state index is 12.7. The van der Waals surface area contributed by atoms with Crippen LogP contribution in [0.2, 0.25) is 0 Å². The molecule has 0 fully saturated rings. The summed E-state index contributed by atoms with van der Waals surface area (Å²) in [6.45, 7) is 6.94. The predicted octanol–water partition coefficient (Wildman–Crippen LogP) is 6.99. The molecule has 0 unspecified atom stereocenters. The number of rotatable bonds is 11. The van der Waals surface area contributed by atoms with Crippen molar-refractivity contribution in [3.63, 3.8) is 0 Å². The summed E-state index contributed by atoms with van der Waals surface area (Å²) in [7, 11) is 0. The van der Waals surface area contributed by atoms with Gasteiger partial charge in [-0.15, -0.1) is 11.3 Å². The molecule has 0 saturated carbocycles. The van der Waals surface area contributed by atoms with Gasteiger partial charge in [0, 0.05) is 17.0 Å². The summed E-state index contributed by atoms with van der Waals surface area (Å²) in [6, 6.07) is 15.7. The van der Waals surface area contributed by atoms with Crippen LogP contribution in [-0.2, 0) is 16.0 Å². The zero-order valence-corrected chi connectivity index (χ0v) is 20.7. The summed E-state index contributed by atoms with van der Waals surface area (Å²) in [5.41, 5.74) is 4.15. The van der Waals surface area contributed by atoms with E-state index in [4.69, 9.17) is 9.47 Å². The maximum atomic E-state index is 12.7. The first-order valence-electron chi connectivity index (χ1n) is 11.7. The topological polar surface area (TPSA) is 64.6 Å². The third kappa shape index (κ3) is 6.81. The summed E-state index contributed by atoms with van der Waals surface area (Å²) in [5.74, 6) is 0.0482. The summed E-state index contributed by atoms with van der Waals surface area (Å²) < 4.78 is 10.9. The Kier molecular flexibility index (Phi) is 9.47. The van der Waals surface area contributed by atoms with Gasteiger partial charge in [0.1, 0.15) is 16.3 Å². The standard InChI is InChI=1S/C28H31NO4S/c1-4-7-18-33-23-15-10-21(11-16-23)12-17-25(30)29-27-26(28(31)32-6-3)24(19-34-27)22-13-8-20(5-2)9-14-22/h8-17,19H,4-7,18H2,1-3H3,(H,29,30)/b17-12+. The highest BCUT2D eigenvalue weighted by Crippen LogP contribution is 2.36. The summed E-state index contributed by atoms with van der Waals surface area (Å²) in [4.78, 5) is 25.4. The van der Waals surface area contributed by atoms with E-state index in [0.717, 1.165) is 41.7 Å². The van der Waals surface area contributed by atoms with Gasteiger partial charge in [-0.3, -0.25) is 4.79 Å². The number of unbranched alkanes of at least 4 members (excludes halogenated alkanes) is 1. The highest BCUT2D eigenvalue weighted by Gasteiger charge is 2.22. The van der Waals surface area contributed by atoms with E-state index in [9.17, 15) is 9.59 Å². The van der Waals surface area contributed by atoms with Crippen molar-refractivity contribution < 1.29 is 19.1 Å². The van der Waals surface area contributed by atoms with Gasteiger partial charge in [0.25, 0.3) is 0 Å². The first kappa shape index (κ1) is 25.2. The zero-order valence-electron chi connectivity index (χ0n) is 19.9. The number of thiophene rings is 1. The second kappa shape index (κ2) is 12.8. The Balaban J connectivity index is 1.74. The van der Waals surface area contributed by atoms with Crippen molar-refractivity contribution in [1.29, 1.82) is 0 Å². The van der Waals surface area contributed by atoms with Crippen LogP contribution >= 0.6 is 11.3 Å². The van der Waals surface area contributed by atoms with Crippen LogP contribution in [-0.4, -0.2) is 25.1 Å². The third-order valence-electron chi connectivity index (χ3n) is 5.25. The molecule has 0 radical (unpaired) electrons. The molecule has 1 N–H and O–H groups in total. The lowest BCUT2D eigenvalue weighted by molar-refractivity contribution is -0.111. The van der Waals surface area contributed by atoms with Crippen molar-refractivity contribution in [2.24, 2.45) is 0 Å². The van der Waals surface area contributed by atoms with E-state index in [-0.39, 0.29) is 12.5 Å². The summed E-state index contributed by atoms with van der Waals surface area (Å²) >= 11 is 1.31. The van der Waals surface area contributed by atoms with Gasteiger partial charge in [-0.05, 0) is 54.7 Å². The Morgan fingerprint density at radius 1 is 1.00 bits per heavy atom. The predicted molar refractivity (Wildman–Crippen MR) is 140 cm³/mol. The number of ether oxygens (including phenoxy) is 2. The van der Waals surface area contributed by atoms with Gasteiger partial charge in [0.2, 0.25) is 5.91 Å². The van der Waals surface area contributed by atoms with Crippen LogP contribution in [0.4, 0.5) is 5.00 Å². The number of carbonyl (C=O) groups excluding carboxylic acids is 2. The molecule has 0 aliphatic carbocycles. The number of nitrogens with one attached hydrogen (secondary N) is 1. The molecule has 3 rings (SSSR count). The van der Waals surface area contributed by atoms with E-state index >= 15 is 0 Å². The lowest BCUT2D eigenvalue weighted by Crippen LogP contribution is -2.12. The second-order valence-electron chi connectivity index (χ2n) is 7.72. The quantitative estimate of drug-likeness (QED) is 0.184. The van der Waals surface area contributed by atoms with Gasteiger partial charge < -0.3 is 14.8 Å². The van der Waals surface area contributed by atoms with Crippen LogP contribution in [0, 0.1) is 0 Å². The maximum Gasteiger partial charge on any atom is 0.341 e. The molecular formula is C28H31NO4S. The molecule has 0 spiro atoms. The Hall–Kier alpha value is -3.38. The van der Waals surface area contributed by atoms with Crippen LogP contribution < -0.4 is 10.1 Å². The van der Waals surface area contributed by atoms with E-state index in [0.29, 0.717) is 17.2 Å². The lowest BCUT2D eigenvalue weighted by atomic mass is 10.0. The molecule has 0 aliphatic rings. The summed E-state index contributed by atoms with van der Waals surface area (Å²) in [6.07, 6.45) is 6.23. The number of esters is 1. The molecule has 0 saturated heterocycles. The van der Waals surface area contributed by atoms with E-state index in [2.05, 4.69) is 19.2 Å². The van der Waals surface area contributed by atoms with Crippen LogP contribution in [0.5, 0.6) is 5.75 Å². The number of carbonyl (C=O) groups is 2. The van der Waals surface area contributed by atoms with Crippen molar-refractivity contribution in [3.8, 4) is 16.9 Å². The minimum atomic E-state index is -0.448. The fraction of sp³-hybridized carbons (Fsp3) is 0.286. The number of anilines is 1. The molecule has 1 heterocycles. The molecule has 0 bridgehead atoms. The molecule has 6 heteroatoms. The molecule has 178 valence electrons. The molecule has 34 heavy (non-hydrogen) atoms. The lowest BCUT2D eigenvalue weighted by Gasteiger charge is -2.08. The highest BCUT2D eigenvalue weighted by atomic mass is 32.1. The number of aryl methyl sites for hydroxylation is 1. The van der Waals surface area contributed by atoms with Crippen LogP contribution in [0.25, 0.3) is 17.2 Å². The van der Waals surface area contributed by atoms with Crippen molar-refractivity contribution in [3.05, 3.63) is 76.7 Å². The average Bonchev–Trinajstić information content (AvgIpc) is 3.27. The molecule has 1 aromatic heterocycles. The van der Waals surface area contributed by atoms with Crippen molar-refractivity contribution in [1.82, 2.24) is 0 Å². The Bertz CT molecular complexity index is 1110. The number of hydrogen-bond donors (Lipinski definition) is 1. The Morgan fingerprint density at radius 3 is 2.38 bits per heavy atom. The van der Waals surface area contributed by atoms with Gasteiger partial charge >= 0.3 is 5.97 Å². The first-order chi connectivity index (χ1) is 16.5. The Morgan fingerprint density at radius 2 is 1.74 bits per heavy atom.